The number of aromatic nitrogens is 1. The summed E-state index contributed by atoms with van der Waals surface area (Å²) in [4.78, 5) is 74.0. The van der Waals surface area contributed by atoms with Gasteiger partial charge in [0.1, 0.15) is 10.7 Å². The van der Waals surface area contributed by atoms with Crippen LogP contribution in [0.5, 0.6) is 0 Å². The van der Waals surface area contributed by atoms with Crippen LogP contribution in [0.4, 0.5) is 0 Å². The van der Waals surface area contributed by atoms with Crippen LogP contribution in [0.1, 0.15) is 92.5 Å². The van der Waals surface area contributed by atoms with E-state index in [0.717, 1.165) is 24.0 Å². The molecule has 0 unspecified atom stereocenters. The Hall–Kier alpha value is -3.68. The van der Waals surface area contributed by atoms with E-state index in [1.54, 1.807) is 24.3 Å². The molecule has 286 valence electrons. The minimum absolute atomic E-state index is 0.0116. The van der Waals surface area contributed by atoms with E-state index >= 15 is 0 Å². The summed E-state index contributed by atoms with van der Waals surface area (Å²) >= 11 is 1.21. The fourth-order valence-electron chi connectivity index (χ4n) is 6.98. The van der Waals surface area contributed by atoms with Gasteiger partial charge in [-0.15, -0.1) is 11.3 Å². The van der Waals surface area contributed by atoms with Crippen molar-refractivity contribution in [2.45, 2.75) is 97.4 Å². The van der Waals surface area contributed by atoms with E-state index in [-0.39, 0.29) is 66.2 Å². The molecule has 6 atom stereocenters. The molecule has 1 aromatic heterocycles. The summed E-state index contributed by atoms with van der Waals surface area (Å²) in [5, 5.41) is 5.14. The maximum Gasteiger partial charge on any atom is 0.308 e. The van der Waals surface area contributed by atoms with E-state index in [1.807, 2.05) is 57.0 Å². The maximum absolute atomic E-state index is 14.1. The Labute approximate surface area is 312 Å². The molecule has 1 aliphatic carbocycles. The monoisotopic (exact) mass is 740 g/mol. The number of methoxy groups -OCH3 is 1. The number of morpholine rings is 1. The molecule has 2 amide bonds. The number of ether oxygens (including phenoxy) is 3. The van der Waals surface area contributed by atoms with E-state index < -0.39 is 29.8 Å². The summed E-state index contributed by atoms with van der Waals surface area (Å²) in [5.41, 5.74) is 2.31. The number of hydrogen-bond acceptors (Lipinski definition) is 11. The van der Waals surface area contributed by atoms with Crippen LogP contribution in [0.2, 0.25) is 0 Å². The third-order valence-electron chi connectivity index (χ3n) is 10.3. The van der Waals surface area contributed by atoms with Crippen molar-refractivity contribution in [3.05, 3.63) is 51.5 Å². The lowest BCUT2D eigenvalue weighted by molar-refractivity contribution is -0.149. The number of nitrogens with one attached hydrogen (secondary N) is 1. The lowest BCUT2D eigenvalue weighted by Gasteiger charge is -2.36. The number of thiazole rings is 1. The summed E-state index contributed by atoms with van der Waals surface area (Å²) in [5.74, 6) is -2.04. The predicted octanol–water partition coefficient (Wildman–Crippen LogP) is 4.79. The van der Waals surface area contributed by atoms with E-state index in [2.05, 4.69) is 10.3 Å². The van der Waals surface area contributed by atoms with Crippen molar-refractivity contribution < 1.29 is 38.2 Å². The summed E-state index contributed by atoms with van der Waals surface area (Å²) in [6.07, 6.45) is 2.33. The molecule has 0 radical (unpaired) electrons. The van der Waals surface area contributed by atoms with E-state index in [0.29, 0.717) is 37.6 Å². The summed E-state index contributed by atoms with van der Waals surface area (Å²) in [6, 6.07) is 6.95. The minimum atomic E-state index is -0.802. The highest BCUT2D eigenvalue weighted by atomic mass is 32.1. The fourth-order valence-corrected chi connectivity index (χ4v) is 7.82. The van der Waals surface area contributed by atoms with Gasteiger partial charge in [0.15, 0.2) is 11.9 Å². The number of rotatable bonds is 18. The van der Waals surface area contributed by atoms with Crippen LogP contribution < -0.4 is 5.32 Å². The van der Waals surface area contributed by atoms with Gasteiger partial charge in [-0.1, -0.05) is 50.6 Å². The molecular weight excluding hydrogens is 685 g/mol. The SMILES string of the molecule is COC(=O)[C@@H](C)C[C@H](Cc1ccc(C)cc1)NC(=O)c1csc([C@@H](C[C@H](C(C)C)N(C)C(=O)[C@@H](CC(=O)[C@H]2COCCN2C)C2CC2)OC(C)=O)n1. The van der Waals surface area contributed by atoms with Crippen molar-refractivity contribution in [3.8, 4) is 0 Å². The second-order valence-electron chi connectivity index (χ2n) is 14.9. The molecule has 1 aliphatic heterocycles. The molecule has 1 aromatic carbocycles. The standard InChI is InChI=1S/C39H56N4O8S/c1-23(2)32(43(7)38(47)30(28-13-14-28)19-34(45)33-21-50-16-15-42(33)6)20-35(51-26(5)44)37-41-31(22-52-37)36(46)40-29(17-25(4)39(48)49-8)18-27-11-9-24(3)10-12-27/h9-12,22-23,25,28-30,32-33,35H,13-21H2,1-8H3,(H,40,46)/t25-,29+,30-,32+,33+,35+/m0/s1. The van der Waals surface area contributed by atoms with Crippen LogP contribution in [0, 0.1) is 30.6 Å². The average Bonchev–Trinajstić information content (AvgIpc) is 3.83. The number of benzene rings is 1. The number of likely N-dealkylation sites (N-methyl/N-ethyl adjacent to an activating group) is 1. The first-order valence-corrected chi connectivity index (χ1v) is 19.2. The second-order valence-corrected chi connectivity index (χ2v) is 15.8. The van der Waals surface area contributed by atoms with Crippen LogP contribution in [-0.4, -0.2) is 103 Å². The van der Waals surface area contributed by atoms with E-state index in [1.165, 1.54) is 25.4 Å². The largest absolute Gasteiger partial charge is 0.469 e. The number of amides is 2. The lowest BCUT2D eigenvalue weighted by Crippen LogP contribution is -2.50. The van der Waals surface area contributed by atoms with Gasteiger partial charge in [0.25, 0.3) is 5.91 Å². The molecule has 2 aliphatic rings. The molecule has 1 N–H and O–H groups in total. The highest BCUT2D eigenvalue weighted by Gasteiger charge is 2.42. The van der Waals surface area contributed by atoms with Crippen LogP contribution >= 0.6 is 11.3 Å². The number of Topliss-reactive ketones (excluding diaryl/α,β-unsaturated/α-hetero) is 1. The first kappa shape index (κ1) is 41.1. The van der Waals surface area contributed by atoms with Gasteiger partial charge < -0.3 is 24.4 Å². The van der Waals surface area contributed by atoms with Crippen molar-refractivity contribution in [3.63, 3.8) is 0 Å². The average molecular weight is 741 g/mol. The van der Waals surface area contributed by atoms with E-state index in [4.69, 9.17) is 14.2 Å². The summed E-state index contributed by atoms with van der Waals surface area (Å²) < 4.78 is 16.3. The number of carbonyl (C=O) groups excluding carboxylic acids is 5. The third-order valence-corrected chi connectivity index (χ3v) is 11.2. The van der Waals surface area contributed by atoms with Gasteiger partial charge in [0, 0.05) is 56.7 Å². The van der Waals surface area contributed by atoms with Gasteiger partial charge in [-0.2, -0.15) is 0 Å². The van der Waals surface area contributed by atoms with Gasteiger partial charge in [-0.25, -0.2) is 4.98 Å². The molecule has 2 aromatic rings. The van der Waals surface area contributed by atoms with Gasteiger partial charge in [-0.05, 0) is 57.1 Å². The number of ketones is 1. The zero-order valence-electron chi connectivity index (χ0n) is 31.9. The smallest absolute Gasteiger partial charge is 0.308 e. The Bertz CT molecular complexity index is 1540. The molecule has 2 heterocycles. The van der Waals surface area contributed by atoms with Gasteiger partial charge in [-0.3, -0.25) is 28.9 Å². The summed E-state index contributed by atoms with van der Waals surface area (Å²) in [6.45, 7) is 10.7. The van der Waals surface area contributed by atoms with Gasteiger partial charge in [0.2, 0.25) is 5.91 Å². The maximum atomic E-state index is 14.1. The quantitative estimate of drug-likeness (QED) is 0.212. The number of esters is 2. The van der Waals surface area contributed by atoms with Crippen LogP contribution in [0.25, 0.3) is 0 Å². The highest BCUT2D eigenvalue weighted by Crippen LogP contribution is 2.41. The second kappa shape index (κ2) is 18.9. The molecule has 0 bridgehead atoms. The Kier molecular flexibility index (Phi) is 14.9. The lowest BCUT2D eigenvalue weighted by atomic mass is 9.90. The number of nitrogens with zero attached hydrogens (tertiary/aromatic N) is 3. The van der Waals surface area contributed by atoms with Crippen LogP contribution in [0.3, 0.4) is 0 Å². The Morgan fingerprint density at radius 3 is 2.38 bits per heavy atom. The molecule has 1 saturated heterocycles. The molecule has 1 saturated carbocycles. The Morgan fingerprint density at radius 1 is 1.10 bits per heavy atom. The third kappa shape index (κ3) is 11.4. The van der Waals surface area contributed by atoms with Crippen LogP contribution in [-0.2, 0) is 39.8 Å². The van der Waals surface area contributed by atoms with Crippen molar-refractivity contribution >= 4 is 40.9 Å². The first-order valence-electron chi connectivity index (χ1n) is 18.3. The molecule has 13 heteroatoms. The van der Waals surface area contributed by atoms with Crippen LogP contribution in [0.15, 0.2) is 29.6 Å². The molecule has 2 fully saturated rings. The molecular formula is C39H56N4O8S. The molecule has 52 heavy (non-hydrogen) atoms. The van der Waals surface area contributed by atoms with Crippen molar-refractivity contribution in [2.24, 2.45) is 23.7 Å². The number of aryl methyl sites for hydroxylation is 1. The number of carbonyl (C=O) groups is 5. The molecule has 4 rings (SSSR count). The summed E-state index contributed by atoms with van der Waals surface area (Å²) in [7, 11) is 5.02. The van der Waals surface area contributed by atoms with E-state index in [9.17, 15) is 24.0 Å². The predicted molar refractivity (Wildman–Crippen MR) is 198 cm³/mol. The van der Waals surface area contributed by atoms with Crippen molar-refractivity contribution in [2.75, 3.05) is 41.0 Å². The zero-order valence-corrected chi connectivity index (χ0v) is 32.7. The fraction of sp³-hybridized carbons (Fsp3) is 0.641. The topological polar surface area (TPSA) is 144 Å². The van der Waals surface area contributed by atoms with Crippen molar-refractivity contribution in [1.29, 1.82) is 0 Å². The Morgan fingerprint density at radius 2 is 1.79 bits per heavy atom. The minimum Gasteiger partial charge on any atom is -0.469 e. The Balaban J connectivity index is 1.49. The zero-order chi connectivity index (χ0) is 38.1. The number of hydrogen-bond donors (Lipinski definition) is 1. The molecule has 0 spiro atoms. The van der Waals surface area contributed by atoms with Crippen molar-refractivity contribution in [1.82, 2.24) is 20.1 Å². The van der Waals surface area contributed by atoms with Gasteiger partial charge >= 0.3 is 11.9 Å². The first-order chi connectivity index (χ1) is 24.7. The highest BCUT2D eigenvalue weighted by molar-refractivity contribution is 7.09. The van der Waals surface area contributed by atoms with Gasteiger partial charge in [0.05, 0.1) is 32.3 Å². The molecule has 12 nitrogen and oxygen atoms in total. The normalized spacial score (nSPS) is 19.2.